The fourth-order valence-electron chi connectivity index (χ4n) is 11.2. The zero-order valence-corrected chi connectivity index (χ0v) is 50.6. The Labute approximate surface area is 464 Å². The molecule has 0 aliphatic heterocycles. The van der Waals surface area contributed by atoms with Gasteiger partial charge in [-0.1, -0.05) is 361 Å². The molecule has 0 radical (unpaired) electrons. The quantitative estimate of drug-likeness (QED) is 0.0417. The lowest BCUT2D eigenvalue weighted by atomic mass is 10.0. The lowest BCUT2D eigenvalue weighted by Gasteiger charge is -2.22. The Kier molecular flexibility index (Phi) is 63.4. The van der Waals surface area contributed by atoms with Crippen LogP contribution in [0.2, 0.25) is 0 Å². The van der Waals surface area contributed by atoms with Crippen LogP contribution in [0.4, 0.5) is 0 Å². The number of hydrogen-bond donors (Lipinski definition) is 3. The van der Waals surface area contributed by atoms with E-state index in [0.717, 1.165) is 38.5 Å². The van der Waals surface area contributed by atoms with Crippen molar-refractivity contribution in [3.63, 3.8) is 0 Å². The Balaban J connectivity index is 3.38. The molecule has 0 aliphatic rings. The van der Waals surface area contributed by atoms with E-state index in [4.69, 9.17) is 4.74 Å². The van der Waals surface area contributed by atoms with Gasteiger partial charge in [0.05, 0.1) is 25.4 Å². The van der Waals surface area contributed by atoms with Gasteiger partial charge in [0.1, 0.15) is 0 Å². The molecule has 1 amide bonds. The van der Waals surface area contributed by atoms with Crippen LogP contribution in [0.3, 0.4) is 0 Å². The van der Waals surface area contributed by atoms with Crippen LogP contribution in [0, 0.1) is 0 Å². The van der Waals surface area contributed by atoms with Crippen LogP contribution in [-0.2, 0) is 14.3 Å². The first-order chi connectivity index (χ1) is 36.5. The Morgan fingerprint density at radius 3 is 0.824 bits per heavy atom. The minimum absolute atomic E-state index is 0.0129. The van der Waals surface area contributed by atoms with Crippen molar-refractivity contribution >= 4 is 11.9 Å². The molecule has 2 unspecified atom stereocenters. The third-order valence-electron chi connectivity index (χ3n) is 16.4. The molecule has 0 rings (SSSR count). The monoisotopic (exact) mass is 1050 g/mol. The van der Waals surface area contributed by atoms with Gasteiger partial charge in [-0.15, -0.1) is 0 Å². The molecule has 0 aromatic carbocycles. The minimum atomic E-state index is -0.666. The Bertz CT molecular complexity index is 1070. The Morgan fingerprint density at radius 1 is 0.324 bits per heavy atom. The average molecular weight is 1050 g/mol. The zero-order chi connectivity index (χ0) is 53.6. The summed E-state index contributed by atoms with van der Waals surface area (Å²) in [6.45, 7) is 4.99. The first-order valence-corrected chi connectivity index (χ1v) is 34.3. The van der Waals surface area contributed by atoms with Crippen LogP contribution < -0.4 is 5.32 Å². The number of carbonyl (C=O) groups is 2. The summed E-state index contributed by atoms with van der Waals surface area (Å²) in [6.07, 6.45) is 77.1. The summed E-state index contributed by atoms with van der Waals surface area (Å²) in [5.41, 5.74) is 0. The molecule has 442 valence electrons. The van der Waals surface area contributed by atoms with Gasteiger partial charge in [-0.2, -0.15) is 0 Å². The molecule has 0 aromatic rings. The van der Waals surface area contributed by atoms with Crippen molar-refractivity contribution < 1.29 is 24.5 Å². The largest absolute Gasteiger partial charge is 0.466 e. The van der Waals surface area contributed by atoms with Crippen LogP contribution in [0.5, 0.6) is 0 Å². The second-order valence-corrected chi connectivity index (χ2v) is 23.9. The van der Waals surface area contributed by atoms with E-state index in [9.17, 15) is 19.8 Å². The van der Waals surface area contributed by atoms with Crippen molar-refractivity contribution in [3.8, 4) is 0 Å². The molecule has 0 saturated carbocycles. The molecule has 0 aliphatic carbocycles. The SMILES string of the molecule is CCCCCCCCCCCCCCCCCCCCCCCCCCCC(O)C(CO)NC(=O)CCCCCCCCCCCCCCCCCCCCCCOC(=O)CCCCCCCCCCCCCC. The predicted octanol–water partition coefficient (Wildman–Crippen LogP) is 21.8. The van der Waals surface area contributed by atoms with E-state index in [2.05, 4.69) is 19.2 Å². The van der Waals surface area contributed by atoms with Crippen LogP contribution in [0.15, 0.2) is 0 Å². The average Bonchev–Trinajstić information content (AvgIpc) is 3.40. The molecule has 6 heteroatoms. The first kappa shape index (κ1) is 72.9. The third-order valence-corrected chi connectivity index (χ3v) is 16.4. The summed E-state index contributed by atoms with van der Waals surface area (Å²) in [7, 11) is 0. The summed E-state index contributed by atoms with van der Waals surface area (Å²) in [4.78, 5) is 24.6. The van der Waals surface area contributed by atoms with Crippen molar-refractivity contribution in [1.29, 1.82) is 0 Å². The molecular formula is C68H135NO5. The summed E-state index contributed by atoms with van der Waals surface area (Å²) in [5.74, 6) is -0.0181. The topological polar surface area (TPSA) is 95.9 Å². The van der Waals surface area contributed by atoms with Gasteiger partial charge >= 0.3 is 5.97 Å². The fourth-order valence-corrected chi connectivity index (χ4v) is 11.2. The molecule has 0 saturated heterocycles. The number of amides is 1. The highest BCUT2D eigenvalue weighted by molar-refractivity contribution is 5.76. The molecule has 0 bridgehead atoms. The van der Waals surface area contributed by atoms with Crippen molar-refractivity contribution in [2.24, 2.45) is 0 Å². The number of aliphatic hydroxyl groups excluding tert-OH is 2. The van der Waals surface area contributed by atoms with Crippen molar-refractivity contribution in [3.05, 3.63) is 0 Å². The maximum atomic E-state index is 12.5. The smallest absolute Gasteiger partial charge is 0.305 e. The molecule has 0 aromatic heterocycles. The number of esters is 1. The maximum Gasteiger partial charge on any atom is 0.305 e. The van der Waals surface area contributed by atoms with Crippen LogP contribution >= 0.6 is 0 Å². The van der Waals surface area contributed by atoms with Gasteiger partial charge < -0.3 is 20.3 Å². The molecule has 0 fully saturated rings. The van der Waals surface area contributed by atoms with Crippen LogP contribution in [-0.4, -0.2) is 47.4 Å². The minimum Gasteiger partial charge on any atom is -0.466 e. The number of unbranched alkanes of at least 4 members (excludes halogenated alkanes) is 54. The molecule has 0 spiro atoms. The Hall–Kier alpha value is -1.14. The molecule has 3 N–H and O–H groups in total. The van der Waals surface area contributed by atoms with E-state index < -0.39 is 12.1 Å². The van der Waals surface area contributed by atoms with Crippen molar-refractivity contribution in [2.45, 2.75) is 411 Å². The fraction of sp³-hybridized carbons (Fsp3) is 0.971. The van der Waals surface area contributed by atoms with E-state index in [1.165, 1.54) is 327 Å². The summed E-state index contributed by atoms with van der Waals surface area (Å²) >= 11 is 0. The van der Waals surface area contributed by atoms with Gasteiger partial charge in [-0.3, -0.25) is 9.59 Å². The van der Waals surface area contributed by atoms with E-state index in [0.29, 0.717) is 25.9 Å². The predicted molar refractivity (Wildman–Crippen MR) is 324 cm³/mol. The number of ether oxygens (including phenoxy) is 1. The summed E-state index contributed by atoms with van der Waals surface area (Å²) in [5, 5.41) is 23.4. The highest BCUT2D eigenvalue weighted by Crippen LogP contribution is 2.19. The highest BCUT2D eigenvalue weighted by Gasteiger charge is 2.20. The van der Waals surface area contributed by atoms with Gasteiger partial charge in [0.2, 0.25) is 5.91 Å². The Morgan fingerprint density at radius 2 is 0.554 bits per heavy atom. The van der Waals surface area contributed by atoms with Crippen LogP contribution in [0.25, 0.3) is 0 Å². The van der Waals surface area contributed by atoms with Crippen molar-refractivity contribution in [2.75, 3.05) is 13.2 Å². The number of hydrogen-bond acceptors (Lipinski definition) is 5. The van der Waals surface area contributed by atoms with Gasteiger partial charge in [-0.25, -0.2) is 0 Å². The standard InChI is InChI=1S/C68H135NO5/c1-3-5-7-9-11-13-15-17-18-19-20-21-22-23-24-25-28-31-34-37-40-44-48-52-56-60-66(71)65(64-70)69-67(72)61-57-53-49-45-41-38-35-32-29-26-27-30-33-36-39-43-47-51-55-59-63-74-68(73)62-58-54-50-46-42-16-14-12-10-8-6-4-2/h65-66,70-71H,3-64H2,1-2H3,(H,69,72). The normalized spacial score (nSPS) is 12.4. The lowest BCUT2D eigenvalue weighted by molar-refractivity contribution is -0.143. The second kappa shape index (κ2) is 64.4. The second-order valence-electron chi connectivity index (χ2n) is 23.9. The van der Waals surface area contributed by atoms with Gasteiger partial charge in [0.25, 0.3) is 0 Å². The third kappa shape index (κ3) is 60.1. The van der Waals surface area contributed by atoms with E-state index in [1.807, 2.05) is 0 Å². The molecular weight excluding hydrogens is 911 g/mol. The van der Waals surface area contributed by atoms with E-state index in [-0.39, 0.29) is 18.5 Å². The van der Waals surface area contributed by atoms with E-state index in [1.54, 1.807) is 0 Å². The number of nitrogens with one attached hydrogen (secondary N) is 1. The van der Waals surface area contributed by atoms with Gasteiger partial charge in [-0.05, 0) is 25.7 Å². The van der Waals surface area contributed by atoms with Gasteiger partial charge in [0, 0.05) is 12.8 Å². The van der Waals surface area contributed by atoms with E-state index >= 15 is 0 Å². The molecule has 74 heavy (non-hydrogen) atoms. The lowest BCUT2D eigenvalue weighted by Crippen LogP contribution is -2.45. The molecule has 6 nitrogen and oxygen atoms in total. The van der Waals surface area contributed by atoms with Gasteiger partial charge in [0.15, 0.2) is 0 Å². The number of carbonyl (C=O) groups excluding carboxylic acids is 2. The number of rotatable bonds is 65. The van der Waals surface area contributed by atoms with Crippen molar-refractivity contribution in [1.82, 2.24) is 5.32 Å². The molecule has 2 atom stereocenters. The first-order valence-electron chi connectivity index (χ1n) is 34.3. The van der Waals surface area contributed by atoms with Crippen LogP contribution in [0.1, 0.15) is 399 Å². The summed E-state index contributed by atoms with van der Waals surface area (Å²) < 4.78 is 5.48. The summed E-state index contributed by atoms with van der Waals surface area (Å²) in [6, 6.07) is -0.543. The zero-order valence-electron chi connectivity index (χ0n) is 50.6. The number of aliphatic hydroxyl groups is 2. The maximum absolute atomic E-state index is 12.5. The molecule has 0 heterocycles. The highest BCUT2D eigenvalue weighted by atomic mass is 16.5.